The molecule has 0 amide bonds. The fourth-order valence-electron chi connectivity index (χ4n) is 2.99. The van der Waals surface area contributed by atoms with Crippen molar-refractivity contribution < 1.29 is 14.3 Å². The molecule has 24 heavy (non-hydrogen) atoms. The largest absolute Gasteiger partial charge is 0.457 e. The molecule has 0 N–H and O–H groups in total. The average molecular weight is 346 g/mol. The second-order valence-electron chi connectivity index (χ2n) is 6.43. The van der Waals surface area contributed by atoms with E-state index < -0.39 is 5.41 Å². The van der Waals surface area contributed by atoms with Gasteiger partial charge in [0.15, 0.2) is 6.61 Å². The summed E-state index contributed by atoms with van der Waals surface area (Å²) in [5.74, 6) is -0.500. The molecule has 0 radical (unpaired) electrons. The van der Waals surface area contributed by atoms with Gasteiger partial charge in [0.2, 0.25) is 5.78 Å². The van der Waals surface area contributed by atoms with E-state index in [4.69, 9.17) is 16.3 Å². The Hall–Kier alpha value is -2.07. The number of esters is 1. The molecule has 2 aromatic rings. The first-order valence-electron chi connectivity index (χ1n) is 7.94. The quantitative estimate of drug-likeness (QED) is 0.612. The zero-order valence-corrected chi connectivity index (χ0v) is 14.8. The second kappa shape index (κ2) is 6.10. The molecule has 0 bridgehead atoms. The Morgan fingerprint density at radius 2 is 1.83 bits per heavy atom. The SMILES string of the molecule is Cc1cc(C(=O)COC(=O)C2(c3ccc(Cl)cc3)CC2)c(C)n1C. The highest BCUT2D eigenvalue weighted by atomic mass is 35.5. The van der Waals surface area contributed by atoms with Crippen molar-refractivity contribution in [1.82, 2.24) is 4.57 Å². The van der Waals surface area contributed by atoms with Crippen molar-refractivity contribution in [3.05, 3.63) is 57.9 Å². The molecule has 1 aliphatic carbocycles. The number of Topliss-reactive ketones (excluding diaryl/α,β-unsaturated/α-hetero) is 1. The highest BCUT2D eigenvalue weighted by molar-refractivity contribution is 6.30. The number of carbonyl (C=O) groups excluding carboxylic acids is 2. The number of carbonyl (C=O) groups is 2. The third-order valence-electron chi connectivity index (χ3n) is 4.95. The predicted octanol–water partition coefficient (Wildman–Crippen LogP) is 3.75. The van der Waals surface area contributed by atoms with E-state index in [-0.39, 0.29) is 18.4 Å². The number of ketones is 1. The average Bonchev–Trinajstić information content (AvgIpc) is 3.33. The monoisotopic (exact) mass is 345 g/mol. The van der Waals surface area contributed by atoms with Gasteiger partial charge < -0.3 is 9.30 Å². The Morgan fingerprint density at radius 3 is 2.33 bits per heavy atom. The van der Waals surface area contributed by atoms with E-state index in [2.05, 4.69) is 0 Å². The molecule has 0 atom stereocenters. The summed E-state index contributed by atoms with van der Waals surface area (Å²) in [4.78, 5) is 24.8. The lowest BCUT2D eigenvalue weighted by atomic mass is 9.96. The molecule has 0 aliphatic heterocycles. The molecular formula is C19H20ClNO3. The van der Waals surface area contributed by atoms with E-state index in [0.29, 0.717) is 10.6 Å². The van der Waals surface area contributed by atoms with Crippen molar-refractivity contribution in [3.8, 4) is 0 Å². The summed E-state index contributed by atoms with van der Waals surface area (Å²) in [6.45, 7) is 3.60. The van der Waals surface area contributed by atoms with Gasteiger partial charge in [-0.2, -0.15) is 0 Å². The molecule has 1 heterocycles. The molecule has 3 rings (SSSR count). The van der Waals surface area contributed by atoms with Crippen LogP contribution in [0.3, 0.4) is 0 Å². The van der Waals surface area contributed by atoms with Crippen LogP contribution in [0.1, 0.15) is 40.2 Å². The van der Waals surface area contributed by atoms with Gasteiger partial charge in [0.25, 0.3) is 0 Å². The minimum Gasteiger partial charge on any atom is -0.457 e. The number of hydrogen-bond donors (Lipinski definition) is 0. The van der Waals surface area contributed by atoms with E-state index in [0.717, 1.165) is 29.8 Å². The van der Waals surface area contributed by atoms with Crippen LogP contribution in [0.5, 0.6) is 0 Å². The van der Waals surface area contributed by atoms with E-state index in [9.17, 15) is 9.59 Å². The van der Waals surface area contributed by atoms with Gasteiger partial charge in [-0.05, 0) is 50.5 Å². The Bertz CT molecular complexity index is 801. The number of halogens is 1. The summed E-state index contributed by atoms with van der Waals surface area (Å²) < 4.78 is 7.29. The van der Waals surface area contributed by atoms with E-state index in [1.54, 1.807) is 12.1 Å². The first kappa shape index (κ1) is 16.8. The molecule has 1 fully saturated rings. The van der Waals surface area contributed by atoms with Crippen molar-refractivity contribution in [2.24, 2.45) is 7.05 Å². The van der Waals surface area contributed by atoms with Gasteiger partial charge >= 0.3 is 5.97 Å². The van der Waals surface area contributed by atoms with Crippen LogP contribution in [-0.4, -0.2) is 22.9 Å². The van der Waals surface area contributed by atoms with Crippen molar-refractivity contribution in [3.63, 3.8) is 0 Å². The third kappa shape index (κ3) is 2.86. The summed E-state index contributed by atoms with van der Waals surface area (Å²) in [5.41, 5.74) is 2.79. The highest BCUT2D eigenvalue weighted by Crippen LogP contribution is 2.49. The normalized spacial score (nSPS) is 15.2. The fourth-order valence-corrected chi connectivity index (χ4v) is 3.12. The van der Waals surface area contributed by atoms with Crippen LogP contribution in [0.2, 0.25) is 5.02 Å². The number of aryl methyl sites for hydroxylation is 1. The Balaban J connectivity index is 1.68. The van der Waals surface area contributed by atoms with Gasteiger partial charge in [0.1, 0.15) is 0 Å². The summed E-state index contributed by atoms with van der Waals surface area (Å²) in [5, 5.41) is 0.632. The lowest BCUT2D eigenvalue weighted by Gasteiger charge is -2.14. The van der Waals surface area contributed by atoms with Gasteiger partial charge in [-0.25, -0.2) is 0 Å². The molecule has 0 spiro atoms. The molecule has 1 aliphatic rings. The predicted molar refractivity (Wildman–Crippen MR) is 92.5 cm³/mol. The van der Waals surface area contributed by atoms with Gasteiger partial charge in [-0.1, -0.05) is 23.7 Å². The van der Waals surface area contributed by atoms with Crippen molar-refractivity contribution in [1.29, 1.82) is 0 Å². The molecule has 126 valence electrons. The van der Waals surface area contributed by atoms with Crippen LogP contribution in [-0.2, 0) is 22.0 Å². The molecule has 1 aromatic heterocycles. The van der Waals surface area contributed by atoms with Crippen LogP contribution in [0.25, 0.3) is 0 Å². The van der Waals surface area contributed by atoms with Gasteiger partial charge in [0.05, 0.1) is 5.41 Å². The molecule has 1 saturated carbocycles. The summed E-state index contributed by atoms with van der Waals surface area (Å²) >= 11 is 5.90. The molecule has 1 aromatic carbocycles. The van der Waals surface area contributed by atoms with Crippen molar-refractivity contribution >= 4 is 23.4 Å². The zero-order valence-electron chi connectivity index (χ0n) is 14.1. The molecular weight excluding hydrogens is 326 g/mol. The Morgan fingerprint density at radius 1 is 1.21 bits per heavy atom. The lowest BCUT2D eigenvalue weighted by Crippen LogP contribution is -2.26. The Labute approximate surface area is 146 Å². The minimum atomic E-state index is -0.605. The van der Waals surface area contributed by atoms with Gasteiger partial charge in [-0.3, -0.25) is 9.59 Å². The number of nitrogens with zero attached hydrogens (tertiary/aromatic N) is 1. The smallest absolute Gasteiger partial charge is 0.317 e. The number of rotatable bonds is 5. The first-order chi connectivity index (χ1) is 11.3. The van der Waals surface area contributed by atoms with Gasteiger partial charge in [0, 0.05) is 29.0 Å². The van der Waals surface area contributed by atoms with Crippen LogP contribution in [0, 0.1) is 13.8 Å². The van der Waals surface area contributed by atoms with Crippen molar-refractivity contribution in [2.75, 3.05) is 6.61 Å². The minimum absolute atomic E-state index is 0.170. The zero-order chi connectivity index (χ0) is 17.5. The molecule has 4 nitrogen and oxygen atoms in total. The summed E-state index contributed by atoms with van der Waals surface area (Å²) in [7, 11) is 1.91. The van der Waals surface area contributed by atoms with Crippen LogP contribution in [0.4, 0.5) is 0 Å². The molecule has 0 saturated heterocycles. The van der Waals surface area contributed by atoms with E-state index in [1.807, 2.05) is 43.7 Å². The standard InChI is InChI=1S/C19H20ClNO3/c1-12-10-16(13(2)21(12)3)17(22)11-24-18(23)19(8-9-19)14-4-6-15(20)7-5-14/h4-7,10H,8-9,11H2,1-3H3. The van der Waals surface area contributed by atoms with E-state index in [1.165, 1.54) is 0 Å². The van der Waals surface area contributed by atoms with Crippen molar-refractivity contribution in [2.45, 2.75) is 32.1 Å². The topological polar surface area (TPSA) is 48.3 Å². The molecule has 0 unspecified atom stereocenters. The fraction of sp³-hybridized carbons (Fsp3) is 0.368. The number of hydrogen-bond acceptors (Lipinski definition) is 3. The number of aromatic nitrogens is 1. The van der Waals surface area contributed by atoms with Gasteiger partial charge in [-0.15, -0.1) is 0 Å². The van der Waals surface area contributed by atoms with E-state index >= 15 is 0 Å². The number of benzene rings is 1. The van der Waals surface area contributed by atoms with Crippen LogP contribution < -0.4 is 0 Å². The first-order valence-corrected chi connectivity index (χ1v) is 8.32. The highest BCUT2D eigenvalue weighted by Gasteiger charge is 2.52. The number of ether oxygens (including phenoxy) is 1. The maximum absolute atomic E-state index is 12.5. The maximum atomic E-state index is 12.5. The maximum Gasteiger partial charge on any atom is 0.317 e. The summed E-state index contributed by atoms with van der Waals surface area (Å²) in [6, 6.07) is 9.07. The Kier molecular flexibility index (Phi) is 4.26. The lowest BCUT2D eigenvalue weighted by molar-refractivity contribution is -0.145. The second-order valence-corrected chi connectivity index (χ2v) is 6.87. The van der Waals surface area contributed by atoms with Crippen LogP contribution >= 0.6 is 11.6 Å². The molecule has 5 heteroatoms. The third-order valence-corrected chi connectivity index (χ3v) is 5.20. The van der Waals surface area contributed by atoms with Crippen LogP contribution in [0.15, 0.2) is 30.3 Å². The summed E-state index contributed by atoms with van der Waals surface area (Å²) in [6.07, 6.45) is 1.48.